The third-order valence-electron chi connectivity index (χ3n) is 3.50. The maximum atomic E-state index is 11.3. The Kier molecular flexibility index (Phi) is 3.97. The summed E-state index contributed by atoms with van der Waals surface area (Å²) in [4.78, 5) is 13.7. The Morgan fingerprint density at radius 1 is 1.57 bits per heavy atom. The summed E-state index contributed by atoms with van der Waals surface area (Å²) >= 11 is 2.96. The van der Waals surface area contributed by atoms with Crippen LogP contribution in [0.4, 0.5) is 10.7 Å². The van der Waals surface area contributed by atoms with Crippen molar-refractivity contribution in [2.75, 3.05) is 4.90 Å². The van der Waals surface area contributed by atoms with E-state index in [2.05, 4.69) is 16.3 Å². The maximum absolute atomic E-state index is 11.3. The summed E-state index contributed by atoms with van der Waals surface area (Å²) < 4.78 is 0. The molecule has 1 fully saturated rings. The van der Waals surface area contributed by atoms with Gasteiger partial charge in [0.15, 0.2) is 5.00 Å². The molecule has 21 heavy (non-hydrogen) atoms. The number of thiophene rings is 2. The van der Waals surface area contributed by atoms with Crippen LogP contribution in [0.3, 0.4) is 0 Å². The van der Waals surface area contributed by atoms with Crippen molar-refractivity contribution >= 4 is 33.4 Å². The summed E-state index contributed by atoms with van der Waals surface area (Å²) in [5, 5.41) is 25.8. The normalized spacial score (nSPS) is 15.9. The molecule has 1 atom stereocenters. The lowest BCUT2D eigenvalue weighted by Crippen LogP contribution is -2.24. The topological polar surface area (TPSA) is 66.6 Å². The fourth-order valence-electron chi connectivity index (χ4n) is 2.26. The molecule has 0 saturated heterocycles. The van der Waals surface area contributed by atoms with Gasteiger partial charge in [-0.1, -0.05) is 0 Å². The molecule has 2 heterocycles. The number of rotatable bonds is 6. The highest BCUT2D eigenvalue weighted by molar-refractivity contribution is 7.16. The van der Waals surface area contributed by atoms with E-state index >= 15 is 0 Å². The number of nitro groups is 1. The van der Waals surface area contributed by atoms with Gasteiger partial charge in [0, 0.05) is 23.5 Å². The van der Waals surface area contributed by atoms with Crippen LogP contribution in [0.5, 0.6) is 0 Å². The third-order valence-corrected chi connectivity index (χ3v) is 5.57. The molecule has 7 heteroatoms. The largest absolute Gasteiger partial charge is 0.388 e. The summed E-state index contributed by atoms with van der Waals surface area (Å²) in [6.45, 7) is 2.33. The Labute approximate surface area is 130 Å². The van der Waals surface area contributed by atoms with Gasteiger partial charge in [0.05, 0.1) is 11.0 Å². The van der Waals surface area contributed by atoms with Gasteiger partial charge in [-0.05, 0) is 42.2 Å². The van der Waals surface area contributed by atoms with Crippen LogP contribution in [0.2, 0.25) is 0 Å². The van der Waals surface area contributed by atoms with Crippen molar-refractivity contribution in [2.24, 2.45) is 0 Å². The molecule has 0 aromatic carbocycles. The van der Waals surface area contributed by atoms with Crippen molar-refractivity contribution in [3.8, 4) is 0 Å². The molecule has 0 amide bonds. The van der Waals surface area contributed by atoms with E-state index in [-0.39, 0.29) is 10.6 Å². The Morgan fingerprint density at radius 3 is 2.86 bits per heavy atom. The first-order chi connectivity index (χ1) is 10.1. The van der Waals surface area contributed by atoms with Gasteiger partial charge < -0.3 is 10.0 Å². The zero-order valence-corrected chi connectivity index (χ0v) is 13.2. The minimum Gasteiger partial charge on any atom is -0.388 e. The Bertz CT molecular complexity index is 633. The highest BCUT2D eigenvalue weighted by atomic mass is 32.1. The lowest BCUT2D eigenvalue weighted by molar-refractivity contribution is -0.383. The van der Waals surface area contributed by atoms with E-state index in [1.54, 1.807) is 18.3 Å². The van der Waals surface area contributed by atoms with E-state index in [4.69, 9.17) is 0 Å². The van der Waals surface area contributed by atoms with Crippen molar-refractivity contribution < 1.29 is 10.0 Å². The molecule has 2 aromatic heterocycles. The molecule has 2 aromatic rings. The first-order valence-corrected chi connectivity index (χ1v) is 8.56. The molecule has 0 aliphatic heterocycles. The second-order valence-electron chi connectivity index (χ2n) is 5.26. The third kappa shape index (κ3) is 3.09. The molecule has 0 spiro atoms. The fourth-order valence-corrected chi connectivity index (χ4v) is 4.06. The van der Waals surface area contributed by atoms with Crippen LogP contribution in [0, 0.1) is 10.1 Å². The van der Waals surface area contributed by atoms with Gasteiger partial charge in [-0.15, -0.1) is 11.3 Å². The summed E-state index contributed by atoms with van der Waals surface area (Å²) in [7, 11) is 0. The number of anilines is 1. The highest BCUT2D eigenvalue weighted by Gasteiger charge is 2.35. The predicted molar refractivity (Wildman–Crippen MR) is 85.1 cm³/mol. The second-order valence-corrected chi connectivity index (χ2v) is 7.11. The van der Waals surface area contributed by atoms with Crippen LogP contribution >= 0.6 is 22.7 Å². The average Bonchev–Trinajstić information content (AvgIpc) is 2.98. The van der Waals surface area contributed by atoms with E-state index in [1.807, 2.05) is 5.38 Å². The van der Waals surface area contributed by atoms with E-state index in [1.165, 1.54) is 23.0 Å². The molecule has 1 aliphatic carbocycles. The standard InChI is InChI=1S/C14H16N2O3S2/c1-9(17)13-6-12(16(18)19)14(21-13)15(11-2-3-11)7-10-4-5-20-8-10/h4-6,8-9,11,17H,2-3,7H2,1H3/t9-/m1/s1. The molecule has 1 saturated carbocycles. The minimum absolute atomic E-state index is 0.109. The first-order valence-electron chi connectivity index (χ1n) is 6.80. The molecule has 112 valence electrons. The van der Waals surface area contributed by atoms with Crippen molar-refractivity contribution in [3.63, 3.8) is 0 Å². The minimum atomic E-state index is -0.676. The van der Waals surface area contributed by atoms with Gasteiger partial charge >= 0.3 is 5.69 Å². The number of nitrogens with zero attached hydrogens (tertiary/aromatic N) is 2. The Hall–Kier alpha value is -1.44. The highest BCUT2D eigenvalue weighted by Crippen LogP contribution is 2.45. The lowest BCUT2D eigenvalue weighted by atomic mass is 10.3. The first kappa shape index (κ1) is 14.5. The molecule has 3 rings (SSSR count). The van der Waals surface area contributed by atoms with E-state index in [0.717, 1.165) is 12.8 Å². The van der Waals surface area contributed by atoms with E-state index in [9.17, 15) is 15.2 Å². The van der Waals surface area contributed by atoms with Crippen LogP contribution < -0.4 is 4.90 Å². The average molecular weight is 324 g/mol. The number of aliphatic hydroxyl groups excluding tert-OH is 1. The summed E-state index contributed by atoms with van der Waals surface area (Å²) in [5.41, 5.74) is 1.28. The molecular formula is C14H16N2O3S2. The van der Waals surface area contributed by atoms with Gasteiger partial charge in [-0.3, -0.25) is 10.1 Å². The SMILES string of the molecule is C[C@@H](O)c1cc([N+](=O)[O-])c(N(Cc2ccsc2)C2CC2)s1. The van der Waals surface area contributed by atoms with Gasteiger partial charge in [-0.25, -0.2) is 0 Å². The zero-order valence-electron chi connectivity index (χ0n) is 11.6. The van der Waals surface area contributed by atoms with E-state index < -0.39 is 6.10 Å². The number of hydrogen-bond acceptors (Lipinski definition) is 6. The number of aliphatic hydroxyl groups is 1. The fraction of sp³-hybridized carbons (Fsp3) is 0.429. The molecule has 0 unspecified atom stereocenters. The predicted octanol–water partition coefficient (Wildman–Crippen LogP) is 3.94. The van der Waals surface area contributed by atoms with E-state index in [0.29, 0.717) is 22.5 Å². The Morgan fingerprint density at radius 2 is 2.33 bits per heavy atom. The van der Waals surface area contributed by atoms with Crippen LogP contribution in [0.1, 0.15) is 36.3 Å². The molecule has 0 radical (unpaired) electrons. The molecule has 0 bridgehead atoms. The van der Waals surface area contributed by atoms with Gasteiger partial charge in [0.2, 0.25) is 0 Å². The monoisotopic (exact) mass is 324 g/mol. The molecule has 1 aliphatic rings. The van der Waals surface area contributed by atoms with Crippen LogP contribution in [0.25, 0.3) is 0 Å². The van der Waals surface area contributed by atoms with Crippen LogP contribution in [-0.4, -0.2) is 16.1 Å². The zero-order chi connectivity index (χ0) is 15.0. The molecule has 5 nitrogen and oxygen atoms in total. The summed E-state index contributed by atoms with van der Waals surface area (Å²) in [6, 6.07) is 3.94. The Balaban J connectivity index is 1.96. The smallest absolute Gasteiger partial charge is 0.304 e. The van der Waals surface area contributed by atoms with Crippen LogP contribution in [0.15, 0.2) is 22.9 Å². The van der Waals surface area contributed by atoms with Gasteiger partial charge in [-0.2, -0.15) is 11.3 Å². The number of hydrogen-bond donors (Lipinski definition) is 1. The molecular weight excluding hydrogens is 308 g/mol. The lowest BCUT2D eigenvalue weighted by Gasteiger charge is -2.21. The second kappa shape index (κ2) is 5.75. The van der Waals surface area contributed by atoms with Crippen LogP contribution in [-0.2, 0) is 6.54 Å². The van der Waals surface area contributed by atoms with Crippen molar-refractivity contribution in [1.29, 1.82) is 0 Å². The molecule has 1 N–H and O–H groups in total. The summed E-state index contributed by atoms with van der Waals surface area (Å²) in [5.74, 6) is 0. The van der Waals surface area contributed by atoms with Crippen molar-refractivity contribution in [2.45, 2.75) is 38.5 Å². The van der Waals surface area contributed by atoms with Crippen molar-refractivity contribution in [3.05, 3.63) is 43.4 Å². The quantitative estimate of drug-likeness (QED) is 0.645. The summed E-state index contributed by atoms with van der Waals surface area (Å²) in [6.07, 6.45) is 1.47. The van der Waals surface area contributed by atoms with Gasteiger partial charge in [0.25, 0.3) is 0 Å². The van der Waals surface area contributed by atoms with Gasteiger partial charge in [0.1, 0.15) is 0 Å². The van der Waals surface area contributed by atoms with Crippen molar-refractivity contribution in [1.82, 2.24) is 0 Å². The maximum Gasteiger partial charge on any atom is 0.304 e.